The predicted octanol–water partition coefficient (Wildman–Crippen LogP) is 5.13. The summed E-state index contributed by atoms with van der Waals surface area (Å²) in [5.74, 6) is 0. The molecular formula is C19H11N. The molecular weight excluding hydrogens is 242 g/mol. The summed E-state index contributed by atoms with van der Waals surface area (Å²) in [6.45, 7) is 0. The van der Waals surface area contributed by atoms with Crippen LogP contribution in [-0.4, -0.2) is 4.98 Å². The van der Waals surface area contributed by atoms with Crippen LogP contribution in [0.3, 0.4) is 0 Å². The van der Waals surface area contributed by atoms with Crippen LogP contribution in [0.15, 0.2) is 66.9 Å². The van der Waals surface area contributed by atoms with E-state index in [-0.39, 0.29) is 0 Å². The third-order valence-electron chi connectivity index (χ3n) is 4.22. The van der Waals surface area contributed by atoms with Gasteiger partial charge in [0.05, 0.1) is 5.52 Å². The highest BCUT2D eigenvalue weighted by Gasteiger charge is 2.10. The molecule has 0 amide bonds. The van der Waals surface area contributed by atoms with Crippen LogP contribution in [0.1, 0.15) is 0 Å². The number of pyridine rings is 1. The monoisotopic (exact) mass is 253 g/mol. The highest BCUT2D eigenvalue weighted by Crippen LogP contribution is 2.36. The summed E-state index contributed by atoms with van der Waals surface area (Å²) in [4.78, 5) is 4.66. The summed E-state index contributed by atoms with van der Waals surface area (Å²) in [7, 11) is 0. The molecule has 20 heavy (non-hydrogen) atoms. The Morgan fingerprint density at radius 2 is 1.45 bits per heavy atom. The molecule has 5 aromatic rings. The van der Waals surface area contributed by atoms with Crippen molar-refractivity contribution in [1.29, 1.82) is 0 Å². The van der Waals surface area contributed by atoms with Crippen molar-refractivity contribution in [3.05, 3.63) is 66.9 Å². The van der Waals surface area contributed by atoms with E-state index in [1.165, 1.54) is 37.7 Å². The van der Waals surface area contributed by atoms with Gasteiger partial charge in [0, 0.05) is 22.4 Å². The quantitative estimate of drug-likeness (QED) is 0.275. The fourth-order valence-corrected chi connectivity index (χ4v) is 3.33. The minimum atomic E-state index is 1.08. The van der Waals surface area contributed by atoms with Gasteiger partial charge in [0.2, 0.25) is 0 Å². The van der Waals surface area contributed by atoms with Gasteiger partial charge in [-0.3, -0.25) is 4.98 Å². The van der Waals surface area contributed by atoms with Crippen molar-refractivity contribution in [2.75, 3.05) is 0 Å². The molecule has 1 aromatic heterocycles. The molecule has 0 radical (unpaired) electrons. The van der Waals surface area contributed by atoms with E-state index in [0.29, 0.717) is 0 Å². The molecule has 92 valence electrons. The average molecular weight is 253 g/mol. The Morgan fingerprint density at radius 3 is 2.45 bits per heavy atom. The summed E-state index contributed by atoms with van der Waals surface area (Å²) in [6.07, 6.45) is 2.02. The highest BCUT2D eigenvalue weighted by atomic mass is 14.6. The van der Waals surface area contributed by atoms with E-state index >= 15 is 0 Å². The average Bonchev–Trinajstić information content (AvgIpc) is 2.52. The zero-order chi connectivity index (χ0) is 13.1. The summed E-state index contributed by atoms with van der Waals surface area (Å²) < 4.78 is 0. The lowest BCUT2D eigenvalue weighted by molar-refractivity contribution is 1.45. The van der Waals surface area contributed by atoms with Crippen LogP contribution in [0.4, 0.5) is 0 Å². The molecule has 1 nitrogen and oxygen atoms in total. The first-order valence-corrected chi connectivity index (χ1v) is 6.83. The van der Waals surface area contributed by atoms with Gasteiger partial charge in [0.15, 0.2) is 0 Å². The molecule has 1 heteroatoms. The molecule has 0 aliphatic carbocycles. The van der Waals surface area contributed by atoms with Gasteiger partial charge in [-0.2, -0.15) is 0 Å². The first kappa shape index (κ1) is 10.2. The van der Waals surface area contributed by atoms with Crippen molar-refractivity contribution in [2.45, 2.75) is 0 Å². The van der Waals surface area contributed by atoms with Gasteiger partial charge in [-0.1, -0.05) is 48.5 Å². The van der Waals surface area contributed by atoms with Crippen LogP contribution >= 0.6 is 0 Å². The fourth-order valence-electron chi connectivity index (χ4n) is 3.33. The molecule has 0 saturated heterocycles. The number of hydrogen-bond acceptors (Lipinski definition) is 1. The molecule has 0 fully saturated rings. The lowest BCUT2D eigenvalue weighted by Crippen LogP contribution is -1.87. The molecule has 5 rings (SSSR count). The second-order valence-corrected chi connectivity index (χ2v) is 5.31. The number of rotatable bonds is 0. The topological polar surface area (TPSA) is 12.9 Å². The Kier molecular flexibility index (Phi) is 1.75. The van der Waals surface area contributed by atoms with Crippen molar-refractivity contribution < 1.29 is 0 Å². The van der Waals surface area contributed by atoms with Crippen LogP contribution in [0.25, 0.3) is 43.2 Å². The van der Waals surface area contributed by atoms with Gasteiger partial charge < -0.3 is 0 Å². The van der Waals surface area contributed by atoms with Crippen molar-refractivity contribution in [1.82, 2.24) is 4.98 Å². The zero-order valence-corrected chi connectivity index (χ0v) is 10.8. The van der Waals surface area contributed by atoms with Gasteiger partial charge in [-0.15, -0.1) is 0 Å². The van der Waals surface area contributed by atoms with Gasteiger partial charge in [-0.05, 0) is 33.7 Å². The SMILES string of the molecule is c1ccc2c(c1)cc1ccc3cccc4ncc2c1c34. The van der Waals surface area contributed by atoms with E-state index < -0.39 is 0 Å². The molecule has 1 heterocycles. The van der Waals surface area contributed by atoms with Crippen molar-refractivity contribution in [2.24, 2.45) is 0 Å². The molecule has 0 bridgehead atoms. The van der Waals surface area contributed by atoms with Crippen molar-refractivity contribution in [3.8, 4) is 0 Å². The number of benzene rings is 4. The highest BCUT2D eigenvalue weighted by molar-refractivity contribution is 6.27. The standard InChI is InChI=1S/C19H11N/c1-2-6-15-13(4-1)10-14-9-8-12-5-3-7-17-19(12)18(14)16(15)11-20-17/h1-11H. The number of nitrogens with zero attached hydrogens (tertiary/aromatic N) is 1. The maximum absolute atomic E-state index is 4.66. The molecule has 0 aliphatic heterocycles. The Hall–Kier alpha value is -2.67. The Labute approximate surface area is 115 Å². The van der Waals surface area contributed by atoms with Gasteiger partial charge >= 0.3 is 0 Å². The summed E-state index contributed by atoms with van der Waals surface area (Å²) in [6, 6.07) is 21.6. The molecule has 0 aliphatic rings. The van der Waals surface area contributed by atoms with E-state index in [1.54, 1.807) is 0 Å². The van der Waals surface area contributed by atoms with Gasteiger partial charge in [0.25, 0.3) is 0 Å². The molecule has 0 spiro atoms. The summed E-state index contributed by atoms with van der Waals surface area (Å²) >= 11 is 0. The Morgan fingerprint density at radius 1 is 0.600 bits per heavy atom. The third-order valence-corrected chi connectivity index (χ3v) is 4.22. The van der Waals surface area contributed by atoms with E-state index in [0.717, 1.165) is 5.52 Å². The van der Waals surface area contributed by atoms with Crippen LogP contribution in [-0.2, 0) is 0 Å². The molecule has 0 atom stereocenters. The maximum Gasteiger partial charge on any atom is 0.0714 e. The Bertz CT molecular complexity index is 1080. The number of fused-ring (bicyclic) bond motifs is 2. The van der Waals surface area contributed by atoms with Gasteiger partial charge in [0.1, 0.15) is 0 Å². The maximum atomic E-state index is 4.66. The predicted molar refractivity (Wildman–Crippen MR) is 85.4 cm³/mol. The first-order valence-electron chi connectivity index (χ1n) is 6.83. The lowest BCUT2D eigenvalue weighted by atomic mass is 9.94. The smallest absolute Gasteiger partial charge is 0.0714 e. The third kappa shape index (κ3) is 1.15. The van der Waals surface area contributed by atoms with Crippen LogP contribution < -0.4 is 0 Å². The Balaban J connectivity index is 2.23. The normalized spacial score (nSPS) is 12.0. The van der Waals surface area contributed by atoms with E-state index in [1.807, 2.05) is 6.20 Å². The minimum absolute atomic E-state index is 1.08. The van der Waals surface area contributed by atoms with E-state index in [9.17, 15) is 0 Å². The summed E-state index contributed by atoms with van der Waals surface area (Å²) in [5, 5.41) is 9.00. The molecule has 4 aromatic carbocycles. The molecule has 0 saturated carbocycles. The van der Waals surface area contributed by atoms with Crippen LogP contribution in [0.5, 0.6) is 0 Å². The van der Waals surface area contributed by atoms with Crippen LogP contribution in [0, 0.1) is 0 Å². The van der Waals surface area contributed by atoms with Crippen LogP contribution in [0.2, 0.25) is 0 Å². The molecule has 0 unspecified atom stereocenters. The second kappa shape index (κ2) is 3.45. The minimum Gasteiger partial charge on any atom is -0.256 e. The summed E-state index contributed by atoms with van der Waals surface area (Å²) in [5.41, 5.74) is 1.08. The fraction of sp³-hybridized carbons (Fsp3) is 0. The zero-order valence-electron chi connectivity index (χ0n) is 10.8. The second-order valence-electron chi connectivity index (χ2n) is 5.31. The van der Waals surface area contributed by atoms with Crippen molar-refractivity contribution in [3.63, 3.8) is 0 Å². The lowest BCUT2D eigenvalue weighted by Gasteiger charge is -2.12. The molecule has 0 N–H and O–H groups in total. The van der Waals surface area contributed by atoms with Crippen molar-refractivity contribution >= 4 is 43.2 Å². The number of aromatic nitrogens is 1. The number of hydrogen-bond donors (Lipinski definition) is 0. The van der Waals surface area contributed by atoms with E-state index in [2.05, 4.69) is 65.6 Å². The first-order chi connectivity index (χ1) is 9.92. The largest absolute Gasteiger partial charge is 0.256 e. The van der Waals surface area contributed by atoms with E-state index in [4.69, 9.17) is 0 Å². The van der Waals surface area contributed by atoms with Gasteiger partial charge in [-0.25, -0.2) is 0 Å².